The van der Waals surface area contributed by atoms with Gasteiger partial charge in [0.25, 0.3) is 0 Å². The zero-order valence-corrected chi connectivity index (χ0v) is 34.1. The van der Waals surface area contributed by atoms with Gasteiger partial charge in [-0.2, -0.15) is 0 Å². The normalized spacial score (nSPS) is 11.5. The van der Waals surface area contributed by atoms with Crippen LogP contribution in [0.5, 0.6) is 0 Å². The van der Waals surface area contributed by atoms with Crippen molar-refractivity contribution in [1.82, 2.24) is 0 Å². The van der Waals surface area contributed by atoms with Crippen LogP contribution in [-0.2, 0) is 0 Å². The van der Waals surface area contributed by atoms with Crippen LogP contribution in [0.3, 0.4) is 0 Å². The molecule has 0 amide bonds. The Morgan fingerprint density at radius 2 is 0.548 bits per heavy atom. The fraction of sp³-hybridized carbons (Fsp3) is 0. The molecule has 0 aliphatic carbocycles. The summed E-state index contributed by atoms with van der Waals surface area (Å²) in [4.78, 5) is 4.74. The van der Waals surface area contributed by atoms with Crippen molar-refractivity contribution in [2.45, 2.75) is 0 Å². The highest BCUT2D eigenvalue weighted by Gasteiger charge is 2.26. The summed E-state index contributed by atoms with van der Waals surface area (Å²) in [6, 6.07) is 92.0. The number of hydrogen-bond acceptors (Lipinski definition) is 2. The third kappa shape index (κ3) is 6.94. The second-order valence-corrected chi connectivity index (χ2v) is 15.8. The molecule has 11 rings (SSSR count). The second-order valence-electron chi connectivity index (χ2n) is 15.8. The second kappa shape index (κ2) is 16.1. The highest BCUT2D eigenvalue weighted by Crippen LogP contribution is 2.51. The van der Waals surface area contributed by atoms with E-state index in [9.17, 15) is 0 Å². The lowest BCUT2D eigenvalue weighted by Gasteiger charge is -2.27. The first kappa shape index (κ1) is 36.8. The van der Waals surface area contributed by atoms with Crippen molar-refractivity contribution >= 4 is 34.1 Å². The molecule has 0 aromatic heterocycles. The van der Waals surface area contributed by atoms with E-state index < -0.39 is 0 Å². The van der Waals surface area contributed by atoms with Gasteiger partial charge >= 0.3 is 0 Å². The third-order valence-electron chi connectivity index (χ3n) is 12.0. The first-order valence-electron chi connectivity index (χ1n) is 21.3. The Labute approximate surface area is 363 Å². The highest BCUT2D eigenvalue weighted by atomic mass is 15.2. The van der Waals surface area contributed by atoms with Crippen LogP contribution in [0.25, 0.3) is 66.8 Å². The number of rotatable bonds is 8. The molecule has 1 heterocycles. The van der Waals surface area contributed by atoms with Gasteiger partial charge in [-0.15, -0.1) is 0 Å². The predicted octanol–water partition coefficient (Wildman–Crippen LogP) is 16.9. The topological polar surface area (TPSA) is 6.48 Å². The monoisotopic (exact) mass is 790 g/mol. The van der Waals surface area contributed by atoms with Gasteiger partial charge < -0.3 is 9.80 Å². The van der Waals surface area contributed by atoms with Gasteiger partial charge in [0.1, 0.15) is 0 Å². The number of fused-ring (bicyclic) bond motifs is 5. The Bertz CT molecular complexity index is 3040. The molecule has 2 heteroatoms. The number of para-hydroxylation sites is 2. The molecule has 0 N–H and O–H groups in total. The molecule has 0 spiro atoms. The number of nitrogens with zero attached hydrogens (tertiary/aromatic N) is 2. The van der Waals surface area contributed by atoms with E-state index >= 15 is 0 Å². The van der Waals surface area contributed by atoms with Gasteiger partial charge in [0.15, 0.2) is 0 Å². The Kier molecular flexibility index (Phi) is 9.57. The lowest BCUT2D eigenvalue weighted by molar-refractivity contribution is 1.28. The average Bonchev–Trinajstić information content (AvgIpc) is 3.48. The Morgan fingerprint density at radius 1 is 0.226 bits per heavy atom. The van der Waals surface area contributed by atoms with Crippen LogP contribution in [0.4, 0.5) is 34.1 Å². The van der Waals surface area contributed by atoms with Gasteiger partial charge in [0.05, 0.1) is 11.4 Å². The molecule has 0 fully saturated rings. The fourth-order valence-electron chi connectivity index (χ4n) is 8.93. The van der Waals surface area contributed by atoms with E-state index in [1.165, 1.54) is 78.1 Å². The first-order chi connectivity index (χ1) is 30.7. The maximum absolute atomic E-state index is 2.40. The van der Waals surface area contributed by atoms with Crippen molar-refractivity contribution in [1.29, 1.82) is 0 Å². The first-order valence-corrected chi connectivity index (χ1v) is 21.3. The molecule has 0 saturated heterocycles. The minimum Gasteiger partial charge on any atom is -0.311 e. The Morgan fingerprint density at radius 3 is 1.03 bits per heavy atom. The van der Waals surface area contributed by atoms with Crippen molar-refractivity contribution in [3.05, 3.63) is 255 Å². The van der Waals surface area contributed by atoms with E-state index in [2.05, 4.69) is 265 Å². The minimum atomic E-state index is 1.10. The summed E-state index contributed by atoms with van der Waals surface area (Å²) in [6.45, 7) is 0. The largest absolute Gasteiger partial charge is 0.311 e. The van der Waals surface area contributed by atoms with Crippen LogP contribution < -0.4 is 9.80 Å². The van der Waals surface area contributed by atoms with Crippen molar-refractivity contribution < 1.29 is 0 Å². The van der Waals surface area contributed by atoms with Gasteiger partial charge in [0.2, 0.25) is 0 Å². The van der Waals surface area contributed by atoms with Gasteiger partial charge in [-0.1, -0.05) is 188 Å². The summed E-state index contributed by atoms with van der Waals surface area (Å²) in [7, 11) is 0. The van der Waals surface area contributed by atoms with E-state index in [0.717, 1.165) is 22.7 Å². The maximum atomic E-state index is 2.40. The molecule has 0 unspecified atom stereocenters. The SMILES string of the molecule is c1ccc(-c2ccc(N(c3ccc(-c4ccccc4)cc3)c3ccc(-c4ccc(-c5ccc6c(c5)-c5ccccc5-c5ccccc5N6c5ccccc5)cc4)cc3)cc2)cc1. The summed E-state index contributed by atoms with van der Waals surface area (Å²) in [5, 5.41) is 0. The van der Waals surface area contributed by atoms with E-state index in [1.807, 2.05) is 0 Å². The van der Waals surface area contributed by atoms with Crippen LogP contribution in [0.15, 0.2) is 255 Å². The molecule has 0 radical (unpaired) electrons. The van der Waals surface area contributed by atoms with Crippen molar-refractivity contribution in [2.75, 3.05) is 9.80 Å². The lowest BCUT2D eigenvalue weighted by atomic mass is 9.92. The summed E-state index contributed by atoms with van der Waals surface area (Å²) in [5.74, 6) is 0. The molecule has 62 heavy (non-hydrogen) atoms. The van der Waals surface area contributed by atoms with Crippen molar-refractivity contribution in [3.8, 4) is 66.8 Å². The van der Waals surface area contributed by atoms with Crippen LogP contribution in [0, 0.1) is 0 Å². The van der Waals surface area contributed by atoms with Gasteiger partial charge in [0, 0.05) is 33.9 Å². The van der Waals surface area contributed by atoms with Gasteiger partial charge in [-0.05, 0) is 122 Å². The zero-order valence-electron chi connectivity index (χ0n) is 34.1. The molecular formula is C60H42N2. The smallest absolute Gasteiger partial charge is 0.0540 e. The van der Waals surface area contributed by atoms with Crippen LogP contribution >= 0.6 is 0 Å². The summed E-state index contributed by atoms with van der Waals surface area (Å²) in [5.41, 5.74) is 21.3. The zero-order chi connectivity index (χ0) is 41.2. The maximum Gasteiger partial charge on any atom is 0.0540 e. The Hall–Kier alpha value is -8.20. The molecule has 292 valence electrons. The van der Waals surface area contributed by atoms with E-state index in [0.29, 0.717) is 0 Å². The summed E-state index contributed by atoms with van der Waals surface area (Å²) < 4.78 is 0. The summed E-state index contributed by atoms with van der Waals surface area (Å²) >= 11 is 0. The number of anilines is 6. The highest BCUT2D eigenvalue weighted by molar-refractivity contribution is 6.03. The molecule has 0 atom stereocenters. The Balaban J connectivity index is 0.917. The summed E-state index contributed by atoms with van der Waals surface area (Å²) in [6.07, 6.45) is 0. The molecule has 1 aliphatic rings. The third-order valence-corrected chi connectivity index (χ3v) is 12.0. The molecule has 10 aromatic rings. The number of hydrogen-bond donors (Lipinski definition) is 0. The quantitative estimate of drug-likeness (QED) is 0.151. The number of benzene rings is 10. The molecule has 1 aliphatic heterocycles. The van der Waals surface area contributed by atoms with Gasteiger partial charge in [-0.3, -0.25) is 0 Å². The molecule has 0 saturated carbocycles. The van der Waals surface area contributed by atoms with E-state index in [1.54, 1.807) is 0 Å². The predicted molar refractivity (Wildman–Crippen MR) is 262 cm³/mol. The fourth-order valence-corrected chi connectivity index (χ4v) is 8.93. The molecule has 10 aromatic carbocycles. The molecular weight excluding hydrogens is 749 g/mol. The van der Waals surface area contributed by atoms with Crippen LogP contribution in [0.1, 0.15) is 0 Å². The van der Waals surface area contributed by atoms with Crippen LogP contribution in [0.2, 0.25) is 0 Å². The van der Waals surface area contributed by atoms with E-state index in [-0.39, 0.29) is 0 Å². The average molecular weight is 791 g/mol. The molecule has 2 nitrogen and oxygen atoms in total. The van der Waals surface area contributed by atoms with Gasteiger partial charge in [-0.25, -0.2) is 0 Å². The van der Waals surface area contributed by atoms with Crippen LogP contribution in [-0.4, -0.2) is 0 Å². The minimum absolute atomic E-state index is 1.10. The van der Waals surface area contributed by atoms with E-state index in [4.69, 9.17) is 0 Å². The molecule has 0 bridgehead atoms. The standard InChI is InChI=1S/C60H42N2/c1-4-14-43(15-5-1)46-28-35-52(36-29-46)61(53-37-30-47(31-38-53)44-16-6-2-7-17-44)54-39-32-48(33-40-54)45-24-26-49(27-25-45)50-34-41-60-58(42-50)56-21-11-10-20-55(56)57-22-12-13-23-59(57)62(60)51-18-8-3-9-19-51/h1-42H. The van der Waals surface area contributed by atoms with Crippen molar-refractivity contribution in [3.63, 3.8) is 0 Å². The lowest BCUT2D eigenvalue weighted by Crippen LogP contribution is -2.10. The van der Waals surface area contributed by atoms with Crippen molar-refractivity contribution in [2.24, 2.45) is 0 Å².